The van der Waals surface area contributed by atoms with E-state index in [9.17, 15) is 9.59 Å². The van der Waals surface area contributed by atoms with Crippen molar-refractivity contribution in [2.24, 2.45) is 5.92 Å². The van der Waals surface area contributed by atoms with Crippen molar-refractivity contribution < 1.29 is 9.59 Å². The molecule has 114 valence electrons. The number of hydrogen-bond acceptors (Lipinski definition) is 3. The second-order valence-electron chi connectivity index (χ2n) is 6.03. The topological polar surface area (TPSA) is 69.3 Å². The maximum atomic E-state index is 12.6. The highest BCUT2D eigenvalue weighted by atomic mass is 16.2. The Balaban J connectivity index is 1.43. The summed E-state index contributed by atoms with van der Waals surface area (Å²) in [5.74, 6) is 0.547. The molecule has 1 N–H and O–H groups in total. The highest BCUT2D eigenvalue weighted by molar-refractivity contribution is 5.97. The summed E-state index contributed by atoms with van der Waals surface area (Å²) >= 11 is 0. The standard InChI is InChI=1S/C16H18N4O2/c21-15(11-1-2-11)19-5-7-20(8-6-19)16(22)12-3-4-13-14(9-12)18-10-17-13/h3-4,9-11H,1-2,5-8H2,(H,17,18). The minimum absolute atomic E-state index is 0.0232. The van der Waals surface area contributed by atoms with Crippen molar-refractivity contribution in [1.29, 1.82) is 0 Å². The molecule has 0 atom stereocenters. The van der Waals surface area contributed by atoms with Gasteiger partial charge in [-0.2, -0.15) is 0 Å². The summed E-state index contributed by atoms with van der Waals surface area (Å²) in [6.07, 6.45) is 3.69. The molecular formula is C16H18N4O2. The molecule has 6 heteroatoms. The van der Waals surface area contributed by atoms with E-state index in [0.717, 1.165) is 23.9 Å². The first kappa shape index (κ1) is 13.3. The molecule has 2 heterocycles. The van der Waals surface area contributed by atoms with Gasteiger partial charge < -0.3 is 14.8 Å². The fourth-order valence-electron chi connectivity index (χ4n) is 2.97. The Hall–Kier alpha value is -2.37. The van der Waals surface area contributed by atoms with Crippen molar-refractivity contribution in [3.8, 4) is 0 Å². The Morgan fingerprint density at radius 3 is 2.55 bits per heavy atom. The van der Waals surface area contributed by atoms with Gasteiger partial charge in [0.25, 0.3) is 5.91 Å². The Morgan fingerprint density at radius 1 is 1.09 bits per heavy atom. The molecule has 2 aliphatic rings. The maximum Gasteiger partial charge on any atom is 0.254 e. The Kier molecular flexibility index (Phi) is 3.10. The van der Waals surface area contributed by atoms with Crippen LogP contribution in [0, 0.1) is 5.92 Å². The second-order valence-corrected chi connectivity index (χ2v) is 6.03. The van der Waals surface area contributed by atoms with Gasteiger partial charge in [0, 0.05) is 37.7 Å². The predicted octanol–water partition coefficient (Wildman–Crippen LogP) is 1.26. The van der Waals surface area contributed by atoms with E-state index >= 15 is 0 Å². The minimum Gasteiger partial charge on any atom is -0.345 e. The van der Waals surface area contributed by atoms with Gasteiger partial charge in [-0.05, 0) is 31.0 Å². The van der Waals surface area contributed by atoms with Crippen LogP contribution in [0.15, 0.2) is 24.5 Å². The number of rotatable bonds is 2. The van der Waals surface area contributed by atoms with Gasteiger partial charge in [0.15, 0.2) is 0 Å². The molecule has 0 bridgehead atoms. The van der Waals surface area contributed by atoms with Crippen LogP contribution in [0.4, 0.5) is 0 Å². The van der Waals surface area contributed by atoms with E-state index in [1.807, 2.05) is 28.0 Å². The lowest BCUT2D eigenvalue weighted by Gasteiger charge is -2.35. The van der Waals surface area contributed by atoms with Gasteiger partial charge in [0.2, 0.25) is 5.91 Å². The number of aromatic nitrogens is 2. The number of hydrogen-bond donors (Lipinski definition) is 1. The van der Waals surface area contributed by atoms with E-state index in [1.165, 1.54) is 0 Å². The smallest absolute Gasteiger partial charge is 0.254 e. The summed E-state index contributed by atoms with van der Waals surface area (Å²) < 4.78 is 0. The summed E-state index contributed by atoms with van der Waals surface area (Å²) in [7, 11) is 0. The molecule has 22 heavy (non-hydrogen) atoms. The van der Waals surface area contributed by atoms with E-state index in [2.05, 4.69) is 9.97 Å². The van der Waals surface area contributed by atoms with Crippen LogP contribution in [0.2, 0.25) is 0 Å². The van der Waals surface area contributed by atoms with Crippen LogP contribution < -0.4 is 0 Å². The van der Waals surface area contributed by atoms with Gasteiger partial charge in [0.05, 0.1) is 17.4 Å². The third-order valence-corrected chi connectivity index (χ3v) is 4.47. The van der Waals surface area contributed by atoms with E-state index in [-0.39, 0.29) is 17.7 Å². The maximum absolute atomic E-state index is 12.6. The second kappa shape index (κ2) is 5.12. The lowest BCUT2D eigenvalue weighted by molar-refractivity contribution is -0.134. The van der Waals surface area contributed by atoms with Gasteiger partial charge in [-0.1, -0.05) is 0 Å². The SMILES string of the molecule is O=C(c1ccc2nc[nH]c2c1)N1CCN(C(=O)C2CC2)CC1. The lowest BCUT2D eigenvalue weighted by Crippen LogP contribution is -2.51. The van der Waals surface area contributed by atoms with Crippen LogP contribution in [0.5, 0.6) is 0 Å². The average Bonchev–Trinajstić information content (AvgIpc) is 3.31. The molecule has 2 amide bonds. The molecule has 1 saturated carbocycles. The normalized spacial score (nSPS) is 18.7. The zero-order valence-electron chi connectivity index (χ0n) is 12.3. The average molecular weight is 298 g/mol. The molecule has 0 unspecified atom stereocenters. The fraction of sp³-hybridized carbons (Fsp3) is 0.438. The van der Waals surface area contributed by atoms with Crippen LogP contribution in [0.1, 0.15) is 23.2 Å². The lowest BCUT2D eigenvalue weighted by atomic mass is 10.1. The molecule has 1 aromatic heterocycles. The molecule has 6 nitrogen and oxygen atoms in total. The number of carbonyl (C=O) groups is 2. The molecule has 2 fully saturated rings. The minimum atomic E-state index is 0.0232. The zero-order valence-corrected chi connectivity index (χ0v) is 12.3. The highest BCUT2D eigenvalue weighted by Crippen LogP contribution is 2.31. The van der Waals surface area contributed by atoms with Crippen LogP contribution in [-0.4, -0.2) is 57.8 Å². The van der Waals surface area contributed by atoms with Gasteiger partial charge >= 0.3 is 0 Å². The van der Waals surface area contributed by atoms with E-state index < -0.39 is 0 Å². The van der Waals surface area contributed by atoms with E-state index in [0.29, 0.717) is 31.7 Å². The molecule has 1 aromatic carbocycles. The van der Waals surface area contributed by atoms with Crippen molar-refractivity contribution in [3.63, 3.8) is 0 Å². The molecule has 1 saturated heterocycles. The molecule has 0 radical (unpaired) electrons. The van der Waals surface area contributed by atoms with Crippen molar-refractivity contribution >= 4 is 22.8 Å². The van der Waals surface area contributed by atoms with Crippen molar-refractivity contribution in [1.82, 2.24) is 19.8 Å². The van der Waals surface area contributed by atoms with Crippen LogP contribution in [-0.2, 0) is 4.79 Å². The third-order valence-electron chi connectivity index (χ3n) is 4.47. The number of fused-ring (bicyclic) bond motifs is 1. The molecule has 1 aliphatic carbocycles. The summed E-state index contributed by atoms with van der Waals surface area (Å²) in [6, 6.07) is 5.51. The molecule has 2 aromatic rings. The van der Waals surface area contributed by atoms with Gasteiger partial charge in [-0.3, -0.25) is 9.59 Å². The summed E-state index contributed by atoms with van der Waals surface area (Å²) in [6.45, 7) is 2.51. The van der Waals surface area contributed by atoms with Crippen molar-refractivity contribution in [2.45, 2.75) is 12.8 Å². The Labute approximate surface area is 128 Å². The number of amides is 2. The monoisotopic (exact) mass is 298 g/mol. The van der Waals surface area contributed by atoms with Gasteiger partial charge in [0.1, 0.15) is 0 Å². The third kappa shape index (κ3) is 2.34. The zero-order chi connectivity index (χ0) is 15.1. The summed E-state index contributed by atoms with van der Waals surface area (Å²) in [5, 5.41) is 0. The predicted molar refractivity (Wildman–Crippen MR) is 81.3 cm³/mol. The molecular weight excluding hydrogens is 280 g/mol. The number of imidazole rings is 1. The van der Waals surface area contributed by atoms with E-state index in [4.69, 9.17) is 0 Å². The number of aromatic amines is 1. The first-order valence-electron chi connectivity index (χ1n) is 7.73. The molecule has 1 aliphatic heterocycles. The van der Waals surface area contributed by atoms with E-state index in [1.54, 1.807) is 6.33 Å². The largest absolute Gasteiger partial charge is 0.345 e. The number of piperazine rings is 1. The number of carbonyl (C=O) groups excluding carboxylic acids is 2. The number of nitrogens with zero attached hydrogens (tertiary/aromatic N) is 3. The number of nitrogens with one attached hydrogen (secondary N) is 1. The first-order valence-corrected chi connectivity index (χ1v) is 7.73. The van der Waals surface area contributed by atoms with Crippen LogP contribution in [0.3, 0.4) is 0 Å². The van der Waals surface area contributed by atoms with Gasteiger partial charge in [-0.25, -0.2) is 4.98 Å². The summed E-state index contributed by atoms with van der Waals surface area (Å²) in [5.41, 5.74) is 2.39. The molecule has 0 spiro atoms. The van der Waals surface area contributed by atoms with Crippen molar-refractivity contribution in [2.75, 3.05) is 26.2 Å². The first-order chi connectivity index (χ1) is 10.7. The fourth-order valence-corrected chi connectivity index (χ4v) is 2.97. The van der Waals surface area contributed by atoms with Crippen LogP contribution in [0.25, 0.3) is 11.0 Å². The number of H-pyrrole nitrogens is 1. The highest BCUT2D eigenvalue weighted by Gasteiger charge is 2.35. The molecule has 4 rings (SSSR count). The number of benzene rings is 1. The van der Waals surface area contributed by atoms with Gasteiger partial charge in [-0.15, -0.1) is 0 Å². The quantitative estimate of drug-likeness (QED) is 0.907. The Bertz CT molecular complexity index is 727. The van der Waals surface area contributed by atoms with Crippen molar-refractivity contribution in [3.05, 3.63) is 30.1 Å². The Morgan fingerprint density at radius 2 is 1.82 bits per heavy atom. The summed E-state index contributed by atoms with van der Waals surface area (Å²) in [4.78, 5) is 35.5. The van der Waals surface area contributed by atoms with Crippen LogP contribution >= 0.6 is 0 Å².